The lowest BCUT2D eigenvalue weighted by molar-refractivity contribution is -0.175. The van der Waals surface area contributed by atoms with Crippen molar-refractivity contribution in [3.8, 4) is 0 Å². The van der Waals surface area contributed by atoms with Gasteiger partial charge in [-0.3, -0.25) is 25.2 Å². The van der Waals surface area contributed by atoms with Gasteiger partial charge in [-0.2, -0.15) is 0 Å². The van der Waals surface area contributed by atoms with Crippen molar-refractivity contribution in [3.63, 3.8) is 0 Å². The molecule has 2 N–H and O–H groups in total. The molecule has 0 aromatic heterocycles. The molecular formula is C21H26N2O4. The molecule has 144 valence electrons. The zero-order valence-electron chi connectivity index (χ0n) is 15.6. The monoisotopic (exact) mass is 370 g/mol. The quantitative estimate of drug-likeness (QED) is 0.629. The van der Waals surface area contributed by atoms with Crippen LogP contribution in [0.3, 0.4) is 0 Å². The Labute approximate surface area is 159 Å². The molecule has 1 aromatic carbocycles. The molecule has 4 atom stereocenters. The molecular weight excluding hydrogens is 344 g/mol. The van der Waals surface area contributed by atoms with Gasteiger partial charge in [-0.1, -0.05) is 30.3 Å². The zero-order chi connectivity index (χ0) is 19.1. The lowest BCUT2D eigenvalue weighted by atomic mass is 9.43. The number of amides is 2. The average molecular weight is 370 g/mol. The minimum Gasteiger partial charge on any atom is -0.455 e. The van der Waals surface area contributed by atoms with E-state index in [0.717, 1.165) is 32.1 Å². The van der Waals surface area contributed by atoms with Crippen LogP contribution in [0.5, 0.6) is 0 Å². The summed E-state index contributed by atoms with van der Waals surface area (Å²) < 4.78 is 5.40. The number of esters is 1. The van der Waals surface area contributed by atoms with Crippen LogP contribution in [0.15, 0.2) is 30.3 Å². The number of benzene rings is 1. The van der Waals surface area contributed by atoms with E-state index in [2.05, 4.69) is 35.1 Å². The maximum atomic E-state index is 13.0. The summed E-state index contributed by atoms with van der Waals surface area (Å²) in [5.41, 5.74) is 5.34. The van der Waals surface area contributed by atoms with Gasteiger partial charge in [0.2, 0.25) is 5.91 Å². The van der Waals surface area contributed by atoms with Gasteiger partial charge >= 0.3 is 5.97 Å². The number of hydrogen-bond donors (Lipinski definition) is 2. The number of hydrazine groups is 1. The molecule has 0 spiro atoms. The Hall–Kier alpha value is -2.37. The Balaban J connectivity index is 1.48. The highest BCUT2D eigenvalue weighted by Crippen LogP contribution is 2.66. The van der Waals surface area contributed by atoms with E-state index in [0.29, 0.717) is 11.8 Å². The van der Waals surface area contributed by atoms with Crippen molar-refractivity contribution in [1.82, 2.24) is 10.9 Å². The second-order valence-corrected chi connectivity index (χ2v) is 8.69. The molecule has 0 heterocycles. The molecule has 0 aliphatic heterocycles. The van der Waals surface area contributed by atoms with Gasteiger partial charge in [-0.15, -0.1) is 0 Å². The van der Waals surface area contributed by atoms with Crippen molar-refractivity contribution in [1.29, 1.82) is 0 Å². The molecule has 6 nitrogen and oxygen atoms in total. The summed E-state index contributed by atoms with van der Waals surface area (Å²) in [6.45, 7) is 0.930. The lowest BCUT2D eigenvalue weighted by Gasteiger charge is -2.61. The van der Waals surface area contributed by atoms with Crippen molar-refractivity contribution in [2.45, 2.75) is 50.9 Å². The molecule has 4 fully saturated rings. The Morgan fingerprint density at radius 3 is 2.33 bits per heavy atom. The van der Waals surface area contributed by atoms with Gasteiger partial charge in [-0.25, -0.2) is 0 Å². The number of nitrogens with one attached hydrogen (secondary N) is 2. The summed E-state index contributed by atoms with van der Waals surface area (Å²) in [5, 5.41) is 0. The van der Waals surface area contributed by atoms with E-state index in [1.54, 1.807) is 0 Å². The van der Waals surface area contributed by atoms with Crippen LogP contribution in [0.25, 0.3) is 0 Å². The number of ether oxygens (including phenoxy) is 1. The normalized spacial score (nSPS) is 33.4. The van der Waals surface area contributed by atoms with Gasteiger partial charge in [-0.05, 0) is 61.3 Å². The predicted octanol–water partition coefficient (Wildman–Crippen LogP) is 2.24. The molecule has 2 amide bonds. The van der Waals surface area contributed by atoms with Gasteiger partial charge in [0.1, 0.15) is 0 Å². The molecule has 4 saturated carbocycles. The second-order valence-electron chi connectivity index (χ2n) is 8.69. The van der Waals surface area contributed by atoms with Gasteiger partial charge in [0.25, 0.3) is 5.91 Å². The second kappa shape index (κ2) is 6.66. The molecule has 2 unspecified atom stereocenters. The van der Waals surface area contributed by atoms with Crippen LogP contribution in [0.4, 0.5) is 0 Å². The third-order valence-electron chi connectivity index (χ3n) is 6.59. The standard InChI is InChI=1S/C21H26N2O4/c1-14(24)22-23-18(25)12-27-19(26)21-10-15-7-16(11-21)9-20(8-15,13-21)17-5-3-2-4-6-17/h2-6,15-16H,7-13H2,1H3,(H,22,24)(H,23,25)/t15-,16+,20?,21?. The molecule has 5 rings (SSSR count). The van der Waals surface area contributed by atoms with E-state index < -0.39 is 11.3 Å². The van der Waals surface area contributed by atoms with Crippen LogP contribution in [0.1, 0.15) is 51.0 Å². The summed E-state index contributed by atoms with van der Waals surface area (Å²) in [4.78, 5) is 35.6. The Kier molecular flexibility index (Phi) is 4.44. The van der Waals surface area contributed by atoms with Crippen molar-refractivity contribution >= 4 is 17.8 Å². The third-order valence-corrected chi connectivity index (χ3v) is 6.59. The van der Waals surface area contributed by atoms with Gasteiger partial charge in [0, 0.05) is 6.92 Å². The smallest absolute Gasteiger partial charge is 0.312 e. The summed E-state index contributed by atoms with van der Waals surface area (Å²) in [7, 11) is 0. The molecule has 0 radical (unpaired) electrons. The van der Waals surface area contributed by atoms with Crippen LogP contribution in [-0.4, -0.2) is 24.4 Å². The fourth-order valence-corrected chi connectivity index (χ4v) is 6.11. The Bertz CT molecular complexity index is 747. The first-order valence-corrected chi connectivity index (χ1v) is 9.69. The highest BCUT2D eigenvalue weighted by Gasteiger charge is 2.61. The van der Waals surface area contributed by atoms with E-state index in [1.807, 2.05) is 6.07 Å². The average Bonchev–Trinajstić information content (AvgIpc) is 2.64. The number of hydrogen-bond acceptors (Lipinski definition) is 4. The number of carbonyl (C=O) groups excluding carboxylic acids is 3. The molecule has 4 aliphatic rings. The van der Waals surface area contributed by atoms with Crippen LogP contribution in [-0.2, 0) is 24.5 Å². The van der Waals surface area contributed by atoms with E-state index in [1.165, 1.54) is 18.9 Å². The predicted molar refractivity (Wildman–Crippen MR) is 98.2 cm³/mol. The van der Waals surface area contributed by atoms with Gasteiger partial charge < -0.3 is 4.74 Å². The molecule has 4 bridgehead atoms. The van der Waals surface area contributed by atoms with Crippen LogP contribution in [0.2, 0.25) is 0 Å². The van der Waals surface area contributed by atoms with E-state index in [9.17, 15) is 14.4 Å². The van der Waals surface area contributed by atoms with Gasteiger partial charge in [0.15, 0.2) is 6.61 Å². The Morgan fingerprint density at radius 1 is 1.04 bits per heavy atom. The first-order valence-electron chi connectivity index (χ1n) is 9.69. The summed E-state index contributed by atoms with van der Waals surface area (Å²) in [6.07, 6.45) is 6.03. The summed E-state index contributed by atoms with van der Waals surface area (Å²) >= 11 is 0. The van der Waals surface area contributed by atoms with Crippen molar-refractivity contribution in [2.75, 3.05) is 6.61 Å². The SMILES string of the molecule is CC(=O)NNC(=O)COC(=O)C12C[C@H]3C[C@@H](C1)CC(c1ccccc1)(C3)C2. The first kappa shape index (κ1) is 18.0. The molecule has 6 heteroatoms. The minimum absolute atomic E-state index is 0.0583. The lowest BCUT2D eigenvalue weighted by Crippen LogP contribution is -2.57. The number of rotatable bonds is 4. The third kappa shape index (κ3) is 3.33. The topological polar surface area (TPSA) is 84.5 Å². The van der Waals surface area contributed by atoms with Crippen molar-refractivity contribution in [2.24, 2.45) is 17.3 Å². The maximum absolute atomic E-state index is 13.0. The highest BCUT2D eigenvalue weighted by molar-refractivity contribution is 5.85. The molecule has 1 aromatic rings. The van der Waals surface area contributed by atoms with E-state index >= 15 is 0 Å². The van der Waals surface area contributed by atoms with E-state index in [4.69, 9.17) is 4.74 Å². The fraction of sp³-hybridized carbons (Fsp3) is 0.571. The maximum Gasteiger partial charge on any atom is 0.312 e. The molecule has 27 heavy (non-hydrogen) atoms. The molecule has 4 aliphatic carbocycles. The molecule has 0 saturated heterocycles. The van der Waals surface area contributed by atoms with Crippen molar-refractivity contribution in [3.05, 3.63) is 35.9 Å². The summed E-state index contributed by atoms with van der Waals surface area (Å²) in [5.74, 6) is -0.0593. The highest BCUT2D eigenvalue weighted by atomic mass is 16.5. The summed E-state index contributed by atoms with van der Waals surface area (Å²) in [6, 6.07) is 10.6. The van der Waals surface area contributed by atoms with Crippen LogP contribution in [0, 0.1) is 17.3 Å². The van der Waals surface area contributed by atoms with Gasteiger partial charge in [0.05, 0.1) is 5.41 Å². The van der Waals surface area contributed by atoms with Crippen molar-refractivity contribution < 1.29 is 19.1 Å². The minimum atomic E-state index is -0.527. The van der Waals surface area contributed by atoms with Crippen LogP contribution >= 0.6 is 0 Å². The zero-order valence-corrected chi connectivity index (χ0v) is 15.6. The number of carbonyl (C=O) groups is 3. The van der Waals surface area contributed by atoms with E-state index in [-0.39, 0.29) is 23.9 Å². The fourth-order valence-electron chi connectivity index (χ4n) is 6.11. The van der Waals surface area contributed by atoms with Crippen LogP contribution < -0.4 is 10.9 Å². The Morgan fingerprint density at radius 2 is 1.70 bits per heavy atom. The largest absolute Gasteiger partial charge is 0.455 e. The first-order chi connectivity index (χ1) is 12.9.